The van der Waals surface area contributed by atoms with Crippen LogP contribution in [0.2, 0.25) is 5.02 Å². The predicted octanol–water partition coefficient (Wildman–Crippen LogP) is 2.82. The number of carbonyl (C=O) groups is 1. The molecule has 1 saturated heterocycles. The number of halogens is 2. The number of nitrogens with zero attached hydrogens (tertiary/aromatic N) is 5. The van der Waals surface area contributed by atoms with E-state index in [1.54, 1.807) is 10.6 Å². The zero-order chi connectivity index (χ0) is 23.7. The van der Waals surface area contributed by atoms with Crippen LogP contribution in [0.3, 0.4) is 0 Å². The van der Waals surface area contributed by atoms with Crippen LogP contribution in [0, 0.1) is 5.82 Å². The van der Waals surface area contributed by atoms with Crippen LogP contribution in [-0.2, 0) is 6.54 Å². The maximum absolute atomic E-state index is 13.4. The second-order valence-corrected chi connectivity index (χ2v) is 8.20. The van der Waals surface area contributed by atoms with Crippen molar-refractivity contribution >= 4 is 57.6 Å². The van der Waals surface area contributed by atoms with Gasteiger partial charge in [0.05, 0.1) is 10.4 Å². The van der Waals surface area contributed by atoms with E-state index < -0.39 is 17.2 Å². The summed E-state index contributed by atoms with van der Waals surface area (Å²) < 4.78 is 15.0. The van der Waals surface area contributed by atoms with Crippen LogP contribution >= 0.6 is 23.8 Å². The smallest absolute Gasteiger partial charge is 0.341 e. The number of piperazine rings is 1. The summed E-state index contributed by atoms with van der Waals surface area (Å²) in [4.78, 5) is 36.7. The standard InChI is InChI=1S/C21H20ClFN6O3S/c1-2-27-11-14(19(31)32)17(30)13-10-24-20(26-18(13)27)28-5-7-29(8-6-28)21(33)25-12-3-4-16(23)15(22)9-12/h3-4,9-11H,2,5-8H2,1H3,(H,25,33)(H,31,32). The lowest BCUT2D eigenvalue weighted by atomic mass is 10.2. The van der Waals surface area contributed by atoms with Crippen molar-refractivity contribution in [3.8, 4) is 0 Å². The first-order chi connectivity index (χ1) is 15.8. The molecule has 3 heterocycles. The molecule has 1 fully saturated rings. The number of nitrogens with one attached hydrogen (secondary N) is 1. The molecule has 2 N–H and O–H groups in total. The molecule has 0 aliphatic carbocycles. The van der Waals surface area contributed by atoms with Crippen LogP contribution in [0.5, 0.6) is 0 Å². The van der Waals surface area contributed by atoms with Gasteiger partial charge in [0.15, 0.2) is 5.11 Å². The van der Waals surface area contributed by atoms with Crippen molar-refractivity contribution < 1.29 is 14.3 Å². The van der Waals surface area contributed by atoms with Crippen LogP contribution in [-0.4, -0.2) is 61.8 Å². The van der Waals surface area contributed by atoms with Gasteiger partial charge in [0.2, 0.25) is 11.4 Å². The van der Waals surface area contributed by atoms with Crippen LogP contribution in [0.25, 0.3) is 11.0 Å². The molecule has 0 bridgehead atoms. The molecule has 172 valence electrons. The molecule has 2 aromatic heterocycles. The Labute approximate surface area is 198 Å². The molecule has 0 amide bonds. The van der Waals surface area contributed by atoms with Gasteiger partial charge in [-0.3, -0.25) is 4.79 Å². The zero-order valence-corrected chi connectivity index (χ0v) is 19.2. The minimum absolute atomic E-state index is 0.0158. The number of pyridine rings is 1. The highest BCUT2D eigenvalue weighted by Crippen LogP contribution is 2.20. The Balaban J connectivity index is 1.49. The van der Waals surface area contributed by atoms with Crippen LogP contribution in [0.4, 0.5) is 16.0 Å². The highest BCUT2D eigenvalue weighted by atomic mass is 35.5. The summed E-state index contributed by atoms with van der Waals surface area (Å²) in [6.07, 6.45) is 2.70. The lowest BCUT2D eigenvalue weighted by molar-refractivity contribution is 0.0695. The topological polar surface area (TPSA) is 104 Å². The molecule has 4 rings (SSSR count). The second kappa shape index (κ2) is 9.28. The number of aromatic nitrogens is 3. The molecular formula is C21H20ClFN6O3S. The molecule has 0 saturated carbocycles. The number of benzene rings is 1. The van der Waals surface area contributed by atoms with Gasteiger partial charge in [-0.15, -0.1) is 0 Å². The fourth-order valence-electron chi connectivity index (χ4n) is 3.60. The minimum Gasteiger partial charge on any atom is -0.477 e. The summed E-state index contributed by atoms with van der Waals surface area (Å²) in [5.74, 6) is -1.32. The number of carboxylic acid groups (broad SMARTS) is 1. The van der Waals surface area contributed by atoms with E-state index in [0.29, 0.717) is 55.1 Å². The molecule has 1 aliphatic rings. The van der Waals surface area contributed by atoms with Crippen molar-refractivity contribution in [3.63, 3.8) is 0 Å². The van der Waals surface area contributed by atoms with Gasteiger partial charge in [-0.05, 0) is 37.3 Å². The normalized spacial score (nSPS) is 13.9. The Bertz CT molecular complexity index is 1310. The summed E-state index contributed by atoms with van der Waals surface area (Å²) in [5.41, 5.74) is 0.0870. The highest BCUT2D eigenvalue weighted by molar-refractivity contribution is 7.80. The summed E-state index contributed by atoms with van der Waals surface area (Å²) in [6, 6.07) is 4.32. The number of aryl methyl sites for hydroxylation is 1. The van der Waals surface area contributed by atoms with Gasteiger partial charge in [0, 0.05) is 50.8 Å². The van der Waals surface area contributed by atoms with Crippen LogP contribution < -0.4 is 15.6 Å². The lowest BCUT2D eigenvalue weighted by Gasteiger charge is -2.36. The summed E-state index contributed by atoms with van der Waals surface area (Å²) >= 11 is 11.3. The van der Waals surface area contributed by atoms with E-state index in [9.17, 15) is 19.1 Å². The number of thiocarbonyl (C=S) groups is 1. The summed E-state index contributed by atoms with van der Waals surface area (Å²) in [5, 5.41) is 13.0. The Morgan fingerprint density at radius 3 is 2.67 bits per heavy atom. The largest absolute Gasteiger partial charge is 0.477 e. The first-order valence-corrected chi connectivity index (χ1v) is 11.0. The van der Waals surface area contributed by atoms with Gasteiger partial charge in [-0.25, -0.2) is 14.2 Å². The Morgan fingerprint density at radius 2 is 2.03 bits per heavy atom. The first-order valence-electron chi connectivity index (χ1n) is 10.2. The van der Waals surface area contributed by atoms with Gasteiger partial charge in [0.25, 0.3) is 0 Å². The summed E-state index contributed by atoms with van der Waals surface area (Å²) in [6.45, 7) is 4.66. The number of rotatable bonds is 4. The third-order valence-electron chi connectivity index (χ3n) is 5.39. The Kier molecular flexibility index (Phi) is 6.43. The van der Waals surface area contributed by atoms with E-state index in [2.05, 4.69) is 15.3 Å². The number of carboxylic acids is 1. The number of aromatic carboxylic acids is 1. The van der Waals surface area contributed by atoms with E-state index >= 15 is 0 Å². The van der Waals surface area contributed by atoms with Crippen molar-refractivity contribution in [3.05, 3.63) is 57.2 Å². The van der Waals surface area contributed by atoms with Crippen LogP contribution in [0.15, 0.2) is 35.4 Å². The number of hydrogen-bond donors (Lipinski definition) is 2. The molecule has 33 heavy (non-hydrogen) atoms. The number of fused-ring (bicyclic) bond motifs is 1. The zero-order valence-electron chi connectivity index (χ0n) is 17.6. The van der Waals surface area contributed by atoms with Crippen molar-refractivity contribution in [1.82, 2.24) is 19.4 Å². The third kappa shape index (κ3) is 4.60. The third-order valence-corrected chi connectivity index (χ3v) is 6.04. The Morgan fingerprint density at radius 1 is 1.30 bits per heavy atom. The van der Waals surface area contributed by atoms with E-state index in [-0.39, 0.29) is 16.0 Å². The van der Waals surface area contributed by atoms with Crippen LogP contribution in [0.1, 0.15) is 17.3 Å². The molecule has 0 atom stereocenters. The quantitative estimate of drug-likeness (QED) is 0.534. The fraction of sp³-hybridized carbons (Fsp3) is 0.286. The van der Waals surface area contributed by atoms with Crippen molar-refractivity contribution in [2.75, 3.05) is 36.4 Å². The Hall–Kier alpha value is -3.31. The van der Waals surface area contributed by atoms with E-state index in [4.69, 9.17) is 23.8 Å². The minimum atomic E-state index is -1.28. The molecule has 1 aromatic carbocycles. The van der Waals surface area contributed by atoms with E-state index in [1.165, 1.54) is 24.5 Å². The highest BCUT2D eigenvalue weighted by Gasteiger charge is 2.23. The summed E-state index contributed by atoms with van der Waals surface area (Å²) in [7, 11) is 0. The molecule has 9 nitrogen and oxygen atoms in total. The average Bonchev–Trinajstić information content (AvgIpc) is 2.81. The van der Waals surface area contributed by atoms with Gasteiger partial charge in [-0.1, -0.05) is 11.6 Å². The molecular weight excluding hydrogens is 471 g/mol. The monoisotopic (exact) mass is 490 g/mol. The number of hydrogen-bond acceptors (Lipinski definition) is 6. The SMILES string of the molecule is CCn1cc(C(=O)O)c(=O)c2cnc(N3CCN(C(=S)Nc4ccc(F)c(Cl)c4)CC3)nc21. The average molecular weight is 491 g/mol. The second-order valence-electron chi connectivity index (χ2n) is 7.40. The molecule has 12 heteroatoms. The van der Waals surface area contributed by atoms with Crippen molar-refractivity contribution in [2.24, 2.45) is 0 Å². The van der Waals surface area contributed by atoms with Crippen molar-refractivity contribution in [1.29, 1.82) is 0 Å². The maximum Gasteiger partial charge on any atom is 0.341 e. The molecule has 0 unspecified atom stereocenters. The first kappa shape index (κ1) is 22.9. The van der Waals surface area contributed by atoms with E-state index in [0.717, 1.165) is 0 Å². The van der Waals surface area contributed by atoms with E-state index in [1.807, 2.05) is 16.7 Å². The van der Waals surface area contributed by atoms with Crippen molar-refractivity contribution in [2.45, 2.75) is 13.5 Å². The van der Waals surface area contributed by atoms with Gasteiger partial charge >= 0.3 is 5.97 Å². The molecule has 1 aliphatic heterocycles. The lowest BCUT2D eigenvalue weighted by Crippen LogP contribution is -2.50. The maximum atomic E-state index is 13.4. The fourth-order valence-corrected chi connectivity index (χ4v) is 4.08. The molecule has 3 aromatic rings. The van der Waals surface area contributed by atoms with Gasteiger partial charge in [0.1, 0.15) is 17.0 Å². The number of anilines is 2. The molecule has 0 radical (unpaired) electrons. The predicted molar refractivity (Wildman–Crippen MR) is 128 cm³/mol. The van der Waals surface area contributed by atoms with Gasteiger partial charge in [-0.2, -0.15) is 4.98 Å². The van der Waals surface area contributed by atoms with Gasteiger partial charge < -0.3 is 24.8 Å². The molecule has 0 spiro atoms.